The standard InChI is InChI=1S/C16H13ClO4S3/c1-22-16(21-17(18,19)20)23-14(12-8-4-2-5-9-12)15(24-16)13-10-6-3-7-11-13/h2-11H,1H3. The molecule has 0 unspecified atom stereocenters. The predicted octanol–water partition coefficient (Wildman–Crippen LogP) is 1.88. The molecule has 8 heteroatoms. The van der Waals surface area contributed by atoms with Crippen molar-refractivity contribution in [3.05, 3.63) is 71.8 Å². The Morgan fingerprint density at radius 3 is 1.58 bits per heavy atom. The lowest BCUT2D eigenvalue weighted by Crippen LogP contribution is -2.63. The third-order valence-corrected chi connectivity index (χ3v) is 8.53. The molecule has 0 amide bonds. The van der Waals surface area contributed by atoms with Gasteiger partial charge in [0.25, 0.3) is 0 Å². The van der Waals surface area contributed by atoms with Gasteiger partial charge in [-0.05, 0) is 40.9 Å². The summed E-state index contributed by atoms with van der Waals surface area (Å²) in [6.45, 7) is 0. The Morgan fingerprint density at radius 2 is 1.25 bits per heavy atom. The van der Waals surface area contributed by atoms with Gasteiger partial charge in [0.05, 0.1) is 10.2 Å². The van der Waals surface area contributed by atoms with Crippen molar-refractivity contribution in [3.63, 3.8) is 0 Å². The number of rotatable bonds is 5. The fraction of sp³-hybridized carbons (Fsp3) is 0.125. The van der Waals surface area contributed by atoms with E-state index in [0.717, 1.165) is 20.9 Å². The van der Waals surface area contributed by atoms with E-state index in [1.807, 2.05) is 60.7 Å². The van der Waals surface area contributed by atoms with Crippen molar-refractivity contribution >= 4 is 45.1 Å². The first kappa shape index (κ1) is 18.2. The monoisotopic (exact) mass is 400 g/mol. The van der Waals surface area contributed by atoms with Crippen molar-refractivity contribution in [2.24, 2.45) is 0 Å². The van der Waals surface area contributed by atoms with Crippen LogP contribution in [0.15, 0.2) is 60.7 Å². The lowest BCUT2D eigenvalue weighted by Gasteiger charge is -2.23. The van der Waals surface area contributed by atoms with Gasteiger partial charge >= 0.3 is 3.60 Å². The largest absolute Gasteiger partial charge is 0.370 e. The molecule has 0 radical (unpaired) electrons. The van der Waals surface area contributed by atoms with Gasteiger partial charge in [0, 0.05) is 9.81 Å². The highest BCUT2D eigenvalue weighted by Crippen LogP contribution is 2.65. The third-order valence-electron chi connectivity index (χ3n) is 3.17. The highest BCUT2D eigenvalue weighted by Gasteiger charge is 2.54. The Bertz CT molecular complexity index is 680. The summed E-state index contributed by atoms with van der Waals surface area (Å²) >= 11 is 3.66. The van der Waals surface area contributed by atoms with E-state index in [1.54, 1.807) is 6.26 Å². The summed E-state index contributed by atoms with van der Waals surface area (Å²) in [5.74, 6) is 0. The van der Waals surface area contributed by atoms with Crippen LogP contribution < -0.4 is 14.0 Å². The maximum atomic E-state index is 11.2. The van der Waals surface area contributed by atoms with Gasteiger partial charge in [-0.1, -0.05) is 72.4 Å². The molecule has 2 aromatic carbocycles. The van der Waals surface area contributed by atoms with Crippen molar-refractivity contribution < 1.29 is 28.5 Å². The van der Waals surface area contributed by atoms with E-state index in [1.165, 1.54) is 35.3 Å². The number of benzene rings is 2. The van der Waals surface area contributed by atoms with Gasteiger partial charge in [0.2, 0.25) is 0 Å². The van der Waals surface area contributed by atoms with E-state index in [0.29, 0.717) is 0 Å². The lowest BCUT2D eigenvalue weighted by atomic mass is 10.1. The van der Waals surface area contributed by atoms with Crippen LogP contribution in [0.3, 0.4) is 0 Å². The van der Waals surface area contributed by atoms with Crippen LogP contribution in [0.5, 0.6) is 0 Å². The Kier molecular flexibility index (Phi) is 5.53. The van der Waals surface area contributed by atoms with Crippen LogP contribution >= 0.6 is 35.3 Å². The van der Waals surface area contributed by atoms with Gasteiger partial charge in [0.15, 0.2) is 0 Å². The van der Waals surface area contributed by atoms with Crippen LogP contribution in [-0.4, -0.2) is 9.85 Å². The summed E-state index contributed by atoms with van der Waals surface area (Å²) in [5, 5.41) is 0. The van der Waals surface area contributed by atoms with Gasteiger partial charge < -0.3 is 0 Å². The van der Waals surface area contributed by atoms with Crippen molar-refractivity contribution in [3.8, 4) is 0 Å². The fourth-order valence-electron chi connectivity index (χ4n) is 2.18. The topological polar surface area (TPSA) is 78.4 Å². The van der Waals surface area contributed by atoms with Crippen molar-refractivity contribution in [1.29, 1.82) is 0 Å². The summed E-state index contributed by atoms with van der Waals surface area (Å²) in [4.78, 5) is 1.78. The molecule has 24 heavy (non-hydrogen) atoms. The number of hydrogen-bond acceptors (Lipinski definition) is 7. The number of halogens is 1. The minimum absolute atomic E-state index is 0.889. The molecule has 1 aliphatic rings. The second kappa shape index (κ2) is 7.31. The van der Waals surface area contributed by atoms with Gasteiger partial charge in [0.1, 0.15) is 4.29 Å². The van der Waals surface area contributed by atoms with Crippen molar-refractivity contribution in [2.75, 3.05) is 6.26 Å². The Morgan fingerprint density at radius 1 is 0.833 bits per heavy atom. The Labute approximate surface area is 155 Å². The molecule has 0 spiro atoms. The molecule has 0 fully saturated rings. The molecule has 0 saturated heterocycles. The van der Waals surface area contributed by atoms with E-state index < -0.39 is 13.8 Å². The molecule has 0 N–H and O–H groups in total. The highest BCUT2D eigenvalue weighted by molar-refractivity contribution is 8.41. The first-order valence-electron chi connectivity index (χ1n) is 6.82. The molecule has 2 aromatic rings. The number of hydrogen-bond donors (Lipinski definition) is 0. The fourth-order valence-corrected chi connectivity index (χ4v) is 7.13. The van der Waals surface area contributed by atoms with Crippen molar-refractivity contribution in [2.45, 2.75) is 3.60 Å². The minimum Gasteiger partial charge on any atom is -0.183 e. The number of thioether (sulfide) groups is 3. The molecule has 126 valence electrons. The summed E-state index contributed by atoms with van der Waals surface area (Å²) in [6.07, 6.45) is 1.72. The lowest BCUT2D eigenvalue weighted by molar-refractivity contribution is -1.92. The van der Waals surface area contributed by atoms with Crippen LogP contribution in [-0.2, 0) is 4.29 Å². The maximum absolute atomic E-state index is 11.2. The zero-order valence-electron chi connectivity index (χ0n) is 12.5. The van der Waals surface area contributed by atoms with Gasteiger partial charge in [-0.3, -0.25) is 0 Å². The maximum Gasteiger partial charge on any atom is 0.370 e. The van der Waals surface area contributed by atoms with E-state index in [4.69, 9.17) is 4.29 Å². The molecule has 0 saturated carbocycles. The molecule has 4 nitrogen and oxygen atoms in total. The van der Waals surface area contributed by atoms with Crippen LogP contribution in [0.2, 0.25) is 0 Å². The van der Waals surface area contributed by atoms with Gasteiger partial charge in [-0.25, -0.2) is 0 Å². The second-order valence-electron chi connectivity index (χ2n) is 4.75. The zero-order valence-corrected chi connectivity index (χ0v) is 15.7. The molecule has 0 bridgehead atoms. The minimum atomic E-state index is -4.53. The summed E-state index contributed by atoms with van der Waals surface area (Å²) in [5.41, 5.74) is 1.90. The van der Waals surface area contributed by atoms with Crippen LogP contribution in [0.25, 0.3) is 9.81 Å². The van der Waals surface area contributed by atoms with E-state index in [9.17, 15) is 14.0 Å². The molecule has 1 heterocycles. The Balaban J connectivity index is 2.05. The SMILES string of the molecule is CSC1(O[Cl+3]([O-])([O-])[O-])SC(c2ccccc2)=C(c2ccccc2)S1. The Hall–Kier alpha value is -0.640. The highest BCUT2D eigenvalue weighted by atomic mass is 35.7. The predicted molar refractivity (Wildman–Crippen MR) is 92.2 cm³/mol. The van der Waals surface area contributed by atoms with Gasteiger partial charge in [-0.2, -0.15) is 14.0 Å². The van der Waals surface area contributed by atoms with Gasteiger partial charge in [-0.15, -0.1) is 0 Å². The van der Waals surface area contributed by atoms with Crippen LogP contribution in [0.1, 0.15) is 11.1 Å². The second-order valence-corrected chi connectivity index (χ2v) is 9.80. The van der Waals surface area contributed by atoms with Crippen LogP contribution in [0, 0.1) is 10.2 Å². The smallest absolute Gasteiger partial charge is 0.183 e. The summed E-state index contributed by atoms with van der Waals surface area (Å²) in [6, 6.07) is 19.3. The quantitative estimate of drug-likeness (QED) is 0.709. The first-order chi connectivity index (χ1) is 11.4. The summed E-state index contributed by atoms with van der Waals surface area (Å²) < 4.78 is 37.1. The average molecular weight is 401 g/mol. The molecule has 3 rings (SSSR count). The zero-order chi connectivity index (χ0) is 17.2. The molecule has 0 atom stereocenters. The van der Waals surface area contributed by atoms with E-state index >= 15 is 0 Å². The third kappa shape index (κ3) is 4.12. The van der Waals surface area contributed by atoms with E-state index in [-0.39, 0.29) is 0 Å². The van der Waals surface area contributed by atoms with E-state index in [2.05, 4.69) is 0 Å². The molecular weight excluding hydrogens is 388 g/mol. The molecular formula is C16H13ClO4S3. The molecule has 1 aliphatic heterocycles. The average Bonchev–Trinajstić information content (AvgIpc) is 2.95. The molecule has 0 aliphatic carbocycles. The normalized spacial score (nSPS) is 17.3. The van der Waals surface area contributed by atoms with Crippen LogP contribution in [0.4, 0.5) is 0 Å². The summed E-state index contributed by atoms with van der Waals surface area (Å²) in [7, 11) is -4.53. The van der Waals surface area contributed by atoms with Crippen molar-refractivity contribution in [1.82, 2.24) is 0 Å². The first-order valence-corrected chi connectivity index (χ1v) is 10.9. The molecule has 0 aromatic heterocycles.